The van der Waals surface area contributed by atoms with Crippen LogP contribution >= 0.6 is 0 Å². The zero-order chi connectivity index (χ0) is 19.7. The Balaban J connectivity index is 1.60. The number of nitrogens with zero attached hydrogens (tertiary/aromatic N) is 7. The fourth-order valence-electron chi connectivity index (χ4n) is 3.37. The quantitative estimate of drug-likeness (QED) is 0.677. The van der Waals surface area contributed by atoms with Gasteiger partial charge < -0.3 is 14.5 Å². The predicted octanol–water partition coefficient (Wildman–Crippen LogP) is 1.52. The molecule has 146 valence electrons. The molecular weight excluding hydrogens is 358 g/mol. The van der Waals surface area contributed by atoms with Crippen LogP contribution in [0.3, 0.4) is 0 Å². The van der Waals surface area contributed by atoms with Gasteiger partial charge in [0.25, 0.3) is 0 Å². The molecule has 9 nitrogen and oxygen atoms in total. The van der Waals surface area contributed by atoms with Crippen molar-refractivity contribution in [2.75, 3.05) is 38.2 Å². The Bertz CT molecular complexity index is 976. The van der Waals surface area contributed by atoms with Gasteiger partial charge in [0.15, 0.2) is 17.0 Å². The van der Waals surface area contributed by atoms with Gasteiger partial charge in [-0.2, -0.15) is 4.68 Å². The number of anilines is 1. The molecule has 1 aromatic carbocycles. The van der Waals surface area contributed by atoms with E-state index in [1.54, 1.807) is 11.8 Å². The minimum absolute atomic E-state index is 0.0155. The summed E-state index contributed by atoms with van der Waals surface area (Å²) in [5.41, 5.74) is 2.15. The van der Waals surface area contributed by atoms with Gasteiger partial charge in [-0.05, 0) is 24.3 Å². The summed E-state index contributed by atoms with van der Waals surface area (Å²) >= 11 is 0. The van der Waals surface area contributed by atoms with E-state index >= 15 is 0 Å². The lowest BCUT2D eigenvalue weighted by Gasteiger charge is -2.36. The fraction of sp³-hybridized carbons (Fsp3) is 0.421. The third-order valence-corrected chi connectivity index (χ3v) is 4.92. The van der Waals surface area contributed by atoms with Gasteiger partial charge in [0, 0.05) is 32.1 Å². The van der Waals surface area contributed by atoms with Crippen molar-refractivity contribution in [3.63, 3.8) is 0 Å². The number of rotatable bonds is 4. The van der Waals surface area contributed by atoms with Gasteiger partial charge in [0.2, 0.25) is 5.91 Å². The van der Waals surface area contributed by atoms with E-state index in [9.17, 15) is 4.79 Å². The van der Waals surface area contributed by atoms with Crippen LogP contribution in [0.4, 0.5) is 5.82 Å². The number of amides is 1. The highest BCUT2D eigenvalue weighted by Crippen LogP contribution is 2.24. The van der Waals surface area contributed by atoms with Gasteiger partial charge in [-0.1, -0.05) is 19.1 Å². The monoisotopic (exact) mass is 381 g/mol. The molecule has 0 bridgehead atoms. The summed E-state index contributed by atoms with van der Waals surface area (Å²) in [4.78, 5) is 25.1. The average Bonchev–Trinajstić information content (AvgIpc) is 3.17. The van der Waals surface area contributed by atoms with Crippen molar-refractivity contribution in [3.05, 3.63) is 30.6 Å². The maximum absolute atomic E-state index is 12.2. The summed E-state index contributed by atoms with van der Waals surface area (Å²) in [6.07, 6.45) is 1.53. The lowest BCUT2D eigenvalue weighted by Crippen LogP contribution is -2.50. The molecule has 1 aliphatic rings. The molecule has 1 amide bonds. The Morgan fingerprint density at radius 2 is 1.79 bits per heavy atom. The highest BCUT2D eigenvalue weighted by Gasteiger charge is 2.25. The molecule has 3 heterocycles. The minimum atomic E-state index is 0.0155. The van der Waals surface area contributed by atoms with Crippen LogP contribution < -0.4 is 9.64 Å². The van der Waals surface area contributed by atoms with Crippen LogP contribution in [0.2, 0.25) is 0 Å². The summed E-state index contributed by atoms with van der Waals surface area (Å²) in [6.45, 7) is 6.63. The number of fused-ring (bicyclic) bond motifs is 1. The zero-order valence-corrected chi connectivity index (χ0v) is 16.2. The van der Waals surface area contributed by atoms with Crippen molar-refractivity contribution in [2.45, 2.75) is 13.8 Å². The highest BCUT2D eigenvalue weighted by molar-refractivity contribution is 5.84. The number of carbonyl (C=O) groups excluding carboxylic acids is 1. The lowest BCUT2D eigenvalue weighted by atomic mass is 10.1. The maximum atomic E-state index is 12.2. The zero-order valence-electron chi connectivity index (χ0n) is 16.2. The number of aromatic nitrogens is 5. The molecule has 3 aromatic rings. The first kappa shape index (κ1) is 18.1. The maximum Gasteiger partial charge on any atom is 0.225 e. The number of carbonyl (C=O) groups is 1. The molecule has 1 aliphatic heterocycles. The van der Waals surface area contributed by atoms with E-state index in [4.69, 9.17) is 4.74 Å². The van der Waals surface area contributed by atoms with Crippen molar-refractivity contribution in [3.8, 4) is 11.4 Å². The normalized spacial score (nSPS) is 14.7. The molecule has 0 N–H and O–H groups in total. The third kappa shape index (κ3) is 3.23. The number of piperazine rings is 1. The summed E-state index contributed by atoms with van der Waals surface area (Å²) < 4.78 is 6.90. The summed E-state index contributed by atoms with van der Waals surface area (Å²) in [5, 5.41) is 8.60. The smallest absolute Gasteiger partial charge is 0.225 e. The molecule has 0 spiro atoms. The Kier molecular flexibility index (Phi) is 4.81. The number of hydrogen-bond donors (Lipinski definition) is 0. The fourth-order valence-corrected chi connectivity index (χ4v) is 3.37. The molecule has 0 unspecified atom stereocenters. The van der Waals surface area contributed by atoms with Gasteiger partial charge in [-0.15, -0.1) is 5.10 Å². The molecule has 1 fully saturated rings. The lowest BCUT2D eigenvalue weighted by molar-refractivity contribution is -0.134. The Hall–Kier alpha value is -3.23. The largest absolute Gasteiger partial charge is 0.497 e. The molecule has 0 saturated carbocycles. The van der Waals surface area contributed by atoms with Crippen LogP contribution in [0.1, 0.15) is 13.8 Å². The van der Waals surface area contributed by atoms with Crippen LogP contribution in [-0.4, -0.2) is 69.1 Å². The second-order valence-corrected chi connectivity index (χ2v) is 7.04. The van der Waals surface area contributed by atoms with Crippen molar-refractivity contribution in [1.29, 1.82) is 0 Å². The van der Waals surface area contributed by atoms with Crippen LogP contribution in [0.15, 0.2) is 30.6 Å². The third-order valence-electron chi connectivity index (χ3n) is 4.92. The van der Waals surface area contributed by atoms with E-state index in [-0.39, 0.29) is 11.8 Å². The first-order valence-corrected chi connectivity index (χ1v) is 9.33. The predicted molar refractivity (Wildman–Crippen MR) is 105 cm³/mol. The average molecular weight is 381 g/mol. The van der Waals surface area contributed by atoms with Crippen molar-refractivity contribution in [2.24, 2.45) is 5.92 Å². The summed E-state index contributed by atoms with van der Waals surface area (Å²) in [6, 6.07) is 7.56. The number of benzene rings is 1. The van der Waals surface area contributed by atoms with Crippen molar-refractivity contribution >= 4 is 22.9 Å². The van der Waals surface area contributed by atoms with Crippen molar-refractivity contribution < 1.29 is 9.53 Å². The minimum Gasteiger partial charge on any atom is -0.497 e. The van der Waals surface area contributed by atoms with E-state index in [0.717, 1.165) is 17.3 Å². The van der Waals surface area contributed by atoms with E-state index < -0.39 is 0 Å². The Labute approximate surface area is 162 Å². The first-order chi connectivity index (χ1) is 13.6. The van der Waals surface area contributed by atoms with E-state index in [2.05, 4.69) is 25.2 Å². The van der Waals surface area contributed by atoms with Gasteiger partial charge in [0.1, 0.15) is 12.1 Å². The molecule has 4 rings (SSSR count). The number of ether oxygens (including phenoxy) is 1. The van der Waals surface area contributed by atoms with Gasteiger partial charge >= 0.3 is 0 Å². The van der Waals surface area contributed by atoms with E-state index in [1.807, 2.05) is 43.0 Å². The molecule has 28 heavy (non-hydrogen) atoms. The molecule has 2 aromatic heterocycles. The van der Waals surface area contributed by atoms with Gasteiger partial charge in [-0.25, -0.2) is 9.97 Å². The number of hydrogen-bond acceptors (Lipinski definition) is 7. The molecule has 1 saturated heterocycles. The van der Waals surface area contributed by atoms with E-state index in [1.165, 1.54) is 6.33 Å². The highest BCUT2D eigenvalue weighted by atomic mass is 16.5. The van der Waals surface area contributed by atoms with Crippen molar-refractivity contribution in [1.82, 2.24) is 29.9 Å². The second kappa shape index (κ2) is 7.41. The summed E-state index contributed by atoms with van der Waals surface area (Å²) in [5.74, 6) is 1.73. The van der Waals surface area contributed by atoms with Crippen LogP contribution in [0.25, 0.3) is 16.9 Å². The Morgan fingerprint density at radius 3 is 2.43 bits per heavy atom. The SMILES string of the molecule is COc1ccc(-n2nnc3c(N4CCN(C(=O)C(C)C)CC4)ncnc32)cc1. The molecule has 0 atom stereocenters. The molecule has 9 heteroatoms. The molecular formula is C19H23N7O2. The summed E-state index contributed by atoms with van der Waals surface area (Å²) in [7, 11) is 1.63. The molecule has 0 aliphatic carbocycles. The van der Waals surface area contributed by atoms with Gasteiger partial charge in [-0.3, -0.25) is 4.79 Å². The van der Waals surface area contributed by atoms with Gasteiger partial charge in [0.05, 0.1) is 12.8 Å². The molecule has 0 radical (unpaired) electrons. The first-order valence-electron chi connectivity index (χ1n) is 9.33. The van der Waals surface area contributed by atoms with Crippen LogP contribution in [0.5, 0.6) is 5.75 Å². The Morgan fingerprint density at radius 1 is 1.07 bits per heavy atom. The topological polar surface area (TPSA) is 89.3 Å². The number of methoxy groups -OCH3 is 1. The van der Waals surface area contributed by atoms with Crippen LogP contribution in [0, 0.1) is 5.92 Å². The second-order valence-electron chi connectivity index (χ2n) is 7.04. The standard InChI is InChI=1S/C19H23N7O2/c1-13(2)19(27)25-10-8-24(9-11-25)17-16-18(21-12-20-17)26(23-22-16)14-4-6-15(28-3)7-5-14/h4-7,12-13H,8-11H2,1-3H3. The van der Waals surface area contributed by atoms with Crippen LogP contribution in [-0.2, 0) is 4.79 Å². The van der Waals surface area contributed by atoms with E-state index in [0.29, 0.717) is 37.3 Å².